The summed E-state index contributed by atoms with van der Waals surface area (Å²) in [5.74, 6) is -0.0848. The maximum absolute atomic E-state index is 12.2. The number of ether oxygens (including phenoxy) is 1. The van der Waals surface area contributed by atoms with Gasteiger partial charge in [0, 0.05) is 17.8 Å². The van der Waals surface area contributed by atoms with Gasteiger partial charge >= 0.3 is 5.97 Å². The molecule has 0 saturated heterocycles. The first kappa shape index (κ1) is 18.7. The number of esters is 1. The lowest BCUT2D eigenvalue weighted by atomic mass is 9.94. The molecular formula is C20H28O4. The van der Waals surface area contributed by atoms with Crippen LogP contribution in [0.3, 0.4) is 0 Å². The van der Waals surface area contributed by atoms with Gasteiger partial charge in [-0.05, 0) is 37.3 Å². The van der Waals surface area contributed by atoms with E-state index >= 15 is 0 Å². The molecule has 2 rings (SSSR count). The Balaban J connectivity index is 1.91. The SMILES string of the molecule is CC(C(=O)OCC(C)(C)CO)c1ccc(CC2CCCC2=O)cc1. The minimum absolute atomic E-state index is 0.0246. The highest BCUT2D eigenvalue weighted by atomic mass is 16.5. The van der Waals surface area contributed by atoms with Gasteiger partial charge in [-0.25, -0.2) is 0 Å². The standard InChI is InChI=1S/C20H28O4/c1-14(19(23)24-13-20(2,3)12-21)16-9-7-15(8-10-16)11-17-5-4-6-18(17)22/h7-10,14,17,21H,4-6,11-13H2,1-3H3. The Morgan fingerprint density at radius 2 is 2.00 bits per heavy atom. The van der Waals surface area contributed by atoms with E-state index in [4.69, 9.17) is 4.74 Å². The fourth-order valence-electron chi connectivity index (χ4n) is 2.90. The number of benzene rings is 1. The Morgan fingerprint density at radius 3 is 2.54 bits per heavy atom. The number of carbonyl (C=O) groups excluding carboxylic acids is 2. The summed E-state index contributed by atoms with van der Waals surface area (Å²) in [4.78, 5) is 23.9. The smallest absolute Gasteiger partial charge is 0.313 e. The molecule has 24 heavy (non-hydrogen) atoms. The van der Waals surface area contributed by atoms with Crippen LogP contribution in [0.2, 0.25) is 0 Å². The van der Waals surface area contributed by atoms with Gasteiger partial charge in [-0.3, -0.25) is 9.59 Å². The molecule has 0 aliphatic heterocycles. The predicted octanol–water partition coefficient (Wildman–Crippen LogP) is 3.26. The molecule has 1 aromatic rings. The van der Waals surface area contributed by atoms with Crippen molar-refractivity contribution in [1.29, 1.82) is 0 Å². The van der Waals surface area contributed by atoms with Gasteiger partial charge in [0.05, 0.1) is 19.1 Å². The van der Waals surface area contributed by atoms with E-state index in [9.17, 15) is 14.7 Å². The van der Waals surface area contributed by atoms with E-state index in [0.29, 0.717) is 5.78 Å². The third kappa shape index (κ3) is 4.91. The molecule has 4 nitrogen and oxygen atoms in total. The molecule has 132 valence electrons. The second kappa shape index (κ2) is 7.93. The minimum Gasteiger partial charge on any atom is -0.465 e. The van der Waals surface area contributed by atoms with Gasteiger partial charge in [0.25, 0.3) is 0 Å². The highest BCUT2D eigenvalue weighted by molar-refractivity contribution is 5.83. The fraction of sp³-hybridized carbons (Fsp3) is 0.600. The number of aliphatic hydroxyl groups excluding tert-OH is 1. The molecule has 1 fully saturated rings. The van der Waals surface area contributed by atoms with E-state index in [0.717, 1.165) is 36.8 Å². The number of hydrogen-bond acceptors (Lipinski definition) is 4. The van der Waals surface area contributed by atoms with E-state index in [1.165, 1.54) is 0 Å². The van der Waals surface area contributed by atoms with Crippen LogP contribution in [-0.2, 0) is 20.7 Å². The molecule has 0 radical (unpaired) electrons. The van der Waals surface area contributed by atoms with E-state index in [1.807, 2.05) is 45.0 Å². The van der Waals surface area contributed by atoms with Crippen molar-refractivity contribution in [3.63, 3.8) is 0 Å². The Hall–Kier alpha value is -1.68. The summed E-state index contributed by atoms with van der Waals surface area (Å²) in [6, 6.07) is 7.89. The lowest BCUT2D eigenvalue weighted by Gasteiger charge is -2.22. The highest BCUT2D eigenvalue weighted by Crippen LogP contribution is 2.26. The van der Waals surface area contributed by atoms with Crippen molar-refractivity contribution < 1.29 is 19.4 Å². The van der Waals surface area contributed by atoms with Crippen LogP contribution in [0.4, 0.5) is 0 Å². The molecule has 0 spiro atoms. The first-order valence-corrected chi connectivity index (χ1v) is 8.71. The Kier molecular flexibility index (Phi) is 6.16. The van der Waals surface area contributed by atoms with Gasteiger partial charge in [-0.2, -0.15) is 0 Å². The number of hydrogen-bond donors (Lipinski definition) is 1. The van der Waals surface area contributed by atoms with Crippen molar-refractivity contribution in [2.75, 3.05) is 13.2 Å². The van der Waals surface area contributed by atoms with Crippen molar-refractivity contribution in [2.24, 2.45) is 11.3 Å². The number of rotatable bonds is 7. The van der Waals surface area contributed by atoms with Crippen LogP contribution in [0.1, 0.15) is 57.1 Å². The summed E-state index contributed by atoms with van der Waals surface area (Å²) in [5.41, 5.74) is 1.62. The van der Waals surface area contributed by atoms with Crippen LogP contribution in [0.5, 0.6) is 0 Å². The second-order valence-corrected chi connectivity index (χ2v) is 7.65. The van der Waals surface area contributed by atoms with Crippen LogP contribution in [0.25, 0.3) is 0 Å². The first-order valence-electron chi connectivity index (χ1n) is 8.71. The molecule has 0 aromatic heterocycles. The number of carbonyl (C=O) groups is 2. The molecule has 4 heteroatoms. The molecule has 1 N–H and O–H groups in total. The summed E-state index contributed by atoms with van der Waals surface area (Å²) >= 11 is 0. The van der Waals surface area contributed by atoms with Crippen LogP contribution >= 0.6 is 0 Å². The molecular weight excluding hydrogens is 304 g/mol. The van der Waals surface area contributed by atoms with Crippen LogP contribution < -0.4 is 0 Å². The number of Topliss-reactive ketones (excluding diaryl/α,β-unsaturated/α-hetero) is 1. The Morgan fingerprint density at radius 1 is 1.33 bits per heavy atom. The summed E-state index contributed by atoms with van der Waals surface area (Å²) in [6.45, 7) is 5.70. The topological polar surface area (TPSA) is 63.6 Å². The van der Waals surface area contributed by atoms with Gasteiger partial charge in [-0.15, -0.1) is 0 Å². The minimum atomic E-state index is -0.424. The molecule has 2 atom stereocenters. The van der Waals surface area contributed by atoms with Crippen LogP contribution in [0, 0.1) is 11.3 Å². The van der Waals surface area contributed by atoms with Crippen molar-refractivity contribution >= 4 is 11.8 Å². The summed E-state index contributed by atoms with van der Waals surface area (Å²) in [6.07, 6.45) is 3.51. The van der Waals surface area contributed by atoms with E-state index in [-0.39, 0.29) is 31.0 Å². The predicted molar refractivity (Wildman–Crippen MR) is 92.7 cm³/mol. The fourth-order valence-corrected chi connectivity index (χ4v) is 2.90. The van der Waals surface area contributed by atoms with Crippen molar-refractivity contribution in [2.45, 2.75) is 52.4 Å². The maximum atomic E-state index is 12.2. The molecule has 1 aliphatic rings. The summed E-state index contributed by atoms with van der Waals surface area (Å²) in [5, 5.41) is 9.21. The molecule has 1 saturated carbocycles. The molecule has 0 heterocycles. The number of ketones is 1. The van der Waals surface area contributed by atoms with Gasteiger partial charge < -0.3 is 9.84 Å². The van der Waals surface area contributed by atoms with E-state index in [1.54, 1.807) is 0 Å². The lowest BCUT2D eigenvalue weighted by molar-refractivity contribution is -0.148. The monoisotopic (exact) mass is 332 g/mol. The Bertz CT molecular complexity index is 574. The third-order valence-corrected chi connectivity index (χ3v) is 4.78. The van der Waals surface area contributed by atoms with Crippen LogP contribution in [-0.4, -0.2) is 30.1 Å². The average molecular weight is 332 g/mol. The third-order valence-electron chi connectivity index (χ3n) is 4.78. The quantitative estimate of drug-likeness (QED) is 0.779. The normalized spacial score (nSPS) is 19.3. The van der Waals surface area contributed by atoms with Crippen molar-refractivity contribution in [3.05, 3.63) is 35.4 Å². The van der Waals surface area contributed by atoms with Gasteiger partial charge in [-0.1, -0.05) is 38.1 Å². The van der Waals surface area contributed by atoms with E-state index < -0.39 is 5.41 Å². The molecule has 1 aromatic carbocycles. The summed E-state index contributed by atoms with van der Waals surface area (Å²) < 4.78 is 5.32. The zero-order valence-corrected chi connectivity index (χ0v) is 14.9. The molecule has 2 unspecified atom stereocenters. The number of aliphatic hydroxyl groups is 1. The molecule has 0 bridgehead atoms. The van der Waals surface area contributed by atoms with Crippen LogP contribution in [0.15, 0.2) is 24.3 Å². The van der Waals surface area contributed by atoms with Gasteiger partial charge in [0.1, 0.15) is 5.78 Å². The zero-order valence-electron chi connectivity index (χ0n) is 14.9. The maximum Gasteiger partial charge on any atom is 0.313 e. The van der Waals surface area contributed by atoms with Gasteiger partial charge in [0.2, 0.25) is 0 Å². The van der Waals surface area contributed by atoms with Crippen molar-refractivity contribution in [1.82, 2.24) is 0 Å². The Labute approximate surface area is 144 Å². The lowest BCUT2D eigenvalue weighted by Crippen LogP contribution is -2.27. The van der Waals surface area contributed by atoms with Crippen molar-refractivity contribution in [3.8, 4) is 0 Å². The van der Waals surface area contributed by atoms with E-state index in [2.05, 4.69) is 0 Å². The average Bonchev–Trinajstić information content (AvgIpc) is 2.97. The molecule has 1 aliphatic carbocycles. The summed E-state index contributed by atoms with van der Waals surface area (Å²) in [7, 11) is 0. The molecule has 0 amide bonds. The van der Waals surface area contributed by atoms with Gasteiger partial charge in [0.15, 0.2) is 0 Å². The largest absolute Gasteiger partial charge is 0.465 e. The highest BCUT2D eigenvalue weighted by Gasteiger charge is 2.25. The second-order valence-electron chi connectivity index (χ2n) is 7.65. The zero-order chi connectivity index (χ0) is 17.7. The first-order chi connectivity index (χ1) is 11.3.